The number of pyridine rings is 1. The summed E-state index contributed by atoms with van der Waals surface area (Å²) in [5.74, 6) is -0.0396. The number of aryl methyl sites for hydroxylation is 2. The first kappa shape index (κ1) is 16.1. The number of hydrogen-bond donors (Lipinski definition) is 0. The molecule has 0 saturated carbocycles. The summed E-state index contributed by atoms with van der Waals surface area (Å²) in [6.45, 7) is 5.88. The van der Waals surface area contributed by atoms with Crippen molar-refractivity contribution in [2.45, 2.75) is 26.8 Å². The Morgan fingerprint density at radius 3 is 2.71 bits per heavy atom. The van der Waals surface area contributed by atoms with Crippen LogP contribution in [-0.2, 0) is 0 Å². The van der Waals surface area contributed by atoms with Crippen molar-refractivity contribution in [3.8, 4) is 0 Å². The maximum atomic E-state index is 13.1. The maximum absolute atomic E-state index is 13.1. The summed E-state index contributed by atoms with van der Waals surface area (Å²) in [6, 6.07) is 9.46. The van der Waals surface area contributed by atoms with Crippen LogP contribution < -0.4 is 0 Å². The number of para-hydroxylation sites is 1. The largest absolute Gasteiger partial charge is 0.333 e. The minimum Gasteiger partial charge on any atom is -0.333 e. The highest BCUT2D eigenvalue weighted by atomic mass is 16.2. The molecule has 1 amide bonds. The highest BCUT2D eigenvalue weighted by Gasteiger charge is 2.22. The van der Waals surface area contributed by atoms with E-state index in [0.29, 0.717) is 5.56 Å². The molecule has 0 bridgehead atoms. The van der Waals surface area contributed by atoms with Crippen LogP contribution in [-0.4, -0.2) is 32.8 Å². The monoisotopic (exact) mass is 320 g/mol. The number of rotatable bonds is 3. The van der Waals surface area contributed by atoms with E-state index >= 15 is 0 Å². The zero-order valence-electron chi connectivity index (χ0n) is 14.3. The molecule has 0 saturated heterocycles. The van der Waals surface area contributed by atoms with Gasteiger partial charge in [0.05, 0.1) is 22.8 Å². The molecule has 1 aromatic carbocycles. The van der Waals surface area contributed by atoms with Gasteiger partial charge in [-0.3, -0.25) is 9.78 Å². The number of amides is 1. The highest BCUT2D eigenvalue weighted by molar-refractivity contribution is 6.06. The normalized spacial score (nSPS) is 12.2. The molecule has 0 aliphatic rings. The zero-order valence-corrected chi connectivity index (χ0v) is 14.3. The van der Waals surface area contributed by atoms with Gasteiger partial charge in [-0.1, -0.05) is 18.2 Å². The summed E-state index contributed by atoms with van der Waals surface area (Å²) in [5.41, 5.74) is 4.26. The predicted molar refractivity (Wildman–Crippen MR) is 93.8 cm³/mol. The van der Waals surface area contributed by atoms with Crippen LogP contribution in [0.4, 0.5) is 0 Å². The second-order valence-electron chi connectivity index (χ2n) is 6.01. The van der Waals surface area contributed by atoms with Crippen LogP contribution in [0.25, 0.3) is 10.9 Å². The van der Waals surface area contributed by atoms with Gasteiger partial charge in [0, 0.05) is 24.3 Å². The molecule has 0 N–H and O–H groups in total. The lowest BCUT2D eigenvalue weighted by Crippen LogP contribution is -2.30. The molecular weight excluding hydrogens is 300 g/mol. The van der Waals surface area contributed by atoms with Crippen LogP contribution in [0.3, 0.4) is 0 Å². The summed E-state index contributed by atoms with van der Waals surface area (Å²) in [7, 11) is 1.80. The number of carbonyl (C=O) groups excluding carboxylic acids is 1. The van der Waals surface area contributed by atoms with E-state index in [1.807, 2.05) is 51.1 Å². The Kier molecular flexibility index (Phi) is 4.25. The van der Waals surface area contributed by atoms with E-state index in [-0.39, 0.29) is 11.9 Å². The predicted octanol–water partition coefficient (Wildman–Crippen LogP) is 3.47. The first-order valence-electron chi connectivity index (χ1n) is 7.89. The summed E-state index contributed by atoms with van der Waals surface area (Å²) in [5, 5.41) is 0.882. The molecule has 3 rings (SSSR count). The van der Waals surface area contributed by atoms with Crippen LogP contribution in [0.5, 0.6) is 0 Å². The molecule has 0 radical (unpaired) electrons. The van der Waals surface area contributed by atoms with E-state index in [2.05, 4.69) is 15.0 Å². The van der Waals surface area contributed by atoms with Gasteiger partial charge in [0.2, 0.25) is 0 Å². The fourth-order valence-electron chi connectivity index (χ4n) is 2.81. The average molecular weight is 320 g/mol. The van der Waals surface area contributed by atoms with Crippen molar-refractivity contribution in [2.75, 3.05) is 7.05 Å². The third-order valence-corrected chi connectivity index (χ3v) is 4.33. The molecule has 5 heteroatoms. The highest BCUT2D eigenvalue weighted by Crippen LogP contribution is 2.25. The second kappa shape index (κ2) is 6.35. The van der Waals surface area contributed by atoms with Gasteiger partial charge in [-0.15, -0.1) is 0 Å². The molecule has 3 aromatic rings. The van der Waals surface area contributed by atoms with Crippen molar-refractivity contribution in [3.63, 3.8) is 0 Å². The molecule has 0 aliphatic heterocycles. The fourth-order valence-corrected chi connectivity index (χ4v) is 2.81. The average Bonchev–Trinajstić information content (AvgIpc) is 2.61. The van der Waals surface area contributed by atoms with Crippen LogP contribution in [0.1, 0.15) is 40.3 Å². The Balaban J connectivity index is 2.04. The Morgan fingerprint density at radius 2 is 2.00 bits per heavy atom. The molecule has 2 heterocycles. The molecule has 2 aromatic heterocycles. The fraction of sp³-hybridized carbons (Fsp3) is 0.263. The minimum absolute atomic E-state index is 0.0396. The van der Waals surface area contributed by atoms with Gasteiger partial charge in [0.25, 0.3) is 5.91 Å². The SMILES string of the molecule is Cc1cc(C(=O)N(C)C(C)c2ccncn2)c2cccc(C)c2n1. The summed E-state index contributed by atoms with van der Waals surface area (Å²) < 4.78 is 0. The van der Waals surface area contributed by atoms with E-state index in [9.17, 15) is 4.79 Å². The number of benzene rings is 1. The van der Waals surface area contributed by atoms with Crippen LogP contribution in [0.2, 0.25) is 0 Å². The van der Waals surface area contributed by atoms with Gasteiger partial charge in [0.15, 0.2) is 0 Å². The van der Waals surface area contributed by atoms with Crippen molar-refractivity contribution >= 4 is 16.8 Å². The molecule has 0 fully saturated rings. The van der Waals surface area contributed by atoms with Crippen molar-refractivity contribution in [2.24, 2.45) is 0 Å². The van der Waals surface area contributed by atoms with Crippen molar-refractivity contribution in [3.05, 3.63) is 65.4 Å². The number of aromatic nitrogens is 3. The Morgan fingerprint density at radius 1 is 1.21 bits per heavy atom. The third-order valence-electron chi connectivity index (χ3n) is 4.33. The van der Waals surface area contributed by atoms with Gasteiger partial charge < -0.3 is 4.90 Å². The van der Waals surface area contributed by atoms with Gasteiger partial charge in [-0.2, -0.15) is 0 Å². The standard InChI is InChI=1S/C19H20N4O/c1-12-6-5-7-15-16(10-13(2)22-18(12)15)19(24)23(4)14(3)17-8-9-20-11-21-17/h5-11,14H,1-4H3. The summed E-state index contributed by atoms with van der Waals surface area (Å²) in [4.78, 5) is 27.6. The molecule has 5 nitrogen and oxygen atoms in total. The molecule has 1 atom stereocenters. The smallest absolute Gasteiger partial charge is 0.254 e. The maximum Gasteiger partial charge on any atom is 0.254 e. The topological polar surface area (TPSA) is 59.0 Å². The summed E-state index contributed by atoms with van der Waals surface area (Å²) >= 11 is 0. The molecule has 1 unspecified atom stereocenters. The quantitative estimate of drug-likeness (QED) is 0.741. The Hall–Kier alpha value is -2.82. The van der Waals surface area contributed by atoms with Crippen molar-refractivity contribution in [1.82, 2.24) is 19.9 Å². The molecular formula is C19H20N4O. The molecule has 0 spiro atoms. The first-order valence-corrected chi connectivity index (χ1v) is 7.89. The number of hydrogen-bond acceptors (Lipinski definition) is 4. The van der Waals surface area contributed by atoms with Gasteiger partial charge >= 0.3 is 0 Å². The number of carbonyl (C=O) groups is 1. The molecule has 0 aliphatic carbocycles. The van der Waals surface area contributed by atoms with E-state index < -0.39 is 0 Å². The second-order valence-corrected chi connectivity index (χ2v) is 6.01. The molecule has 24 heavy (non-hydrogen) atoms. The lowest BCUT2D eigenvalue weighted by Gasteiger charge is -2.25. The lowest BCUT2D eigenvalue weighted by atomic mass is 10.0. The van der Waals surface area contributed by atoms with Crippen molar-refractivity contribution < 1.29 is 4.79 Å². The van der Waals surface area contributed by atoms with E-state index in [0.717, 1.165) is 27.9 Å². The van der Waals surface area contributed by atoms with Gasteiger partial charge in [-0.25, -0.2) is 9.97 Å². The van der Waals surface area contributed by atoms with Crippen molar-refractivity contribution in [1.29, 1.82) is 0 Å². The molecule has 122 valence electrons. The van der Waals surface area contributed by atoms with E-state index in [1.54, 1.807) is 18.1 Å². The van der Waals surface area contributed by atoms with Crippen LogP contribution in [0, 0.1) is 13.8 Å². The first-order chi connectivity index (χ1) is 11.5. The van der Waals surface area contributed by atoms with Crippen LogP contribution in [0.15, 0.2) is 42.9 Å². The number of nitrogens with zero attached hydrogens (tertiary/aromatic N) is 4. The Labute approximate surface area is 141 Å². The zero-order chi connectivity index (χ0) is 17.3. The van der Waals surface area contributed by atoms with Gasteiger partial charge in [-0.05, 0) is 38.5 Å². The number of fused-ring (bicyclic) bond motifs is 1. The summed E-state index contributed by atoms with van der Waals surface area (Å²) in [6.07, 6.45) is 3.19. The van der Waals surface area contributed by atoms with E-state index in [1.165, 1.54) is 6.33 Å². The minimum atomic E-state index is -0.145. The van der Waals surface area contributed by atoms with E-state index in [4.69, 9.17) is 0 Å². The lowest BCUT2D eigenvalue weighted by molar-refractivity contribution is 0.0741. The van der Waals surface area contributed by atoms with Crippen LogP contribution >= 0.6 is 0 Å². The van der Waals surface area contributed by atoms with Gasteiger partial charge in [0.1, 0.15) is 6.33 Å². The third kappa shape index (κ3) is 2.85. The Bertz CT molecular complexity index is 893.